The molecule has 2 fully saturated rings. The molecular weight excluding hydrogens is 425 g/mol. The quantitative estimate of drug-likeness (QED) is 0.400. The Balaban J connectivity index is 1.66. The largest absolute Gasteiger partial charge is 0.756 e. The molecule has 1 heterocycles. The second-order valence-corrected chi connectivity index (χ2v) is 9.69. The van der Waals surface area contributed by atoms with Crippen molar-refractivity contribution in [2.75, 3.05) is 40.6 Å². The van der Waals surface area contributed by atoms with Crippen LogP contribution in [0.4, 0.5) is 0 Å². The molecule has 1 aliphatic carbocycles. The molecule has 3 rings (SSSR count). The van der Waals surface area contributed by atoms with Gasteiger partial charge in [-0.15, -0.1) is 0 Å². The number of hydrogen-bond donors (Lipinski definition) is 2. The zero-order chi connectivity index (χ0) is 22.5. The summed E-state index contributed by atoms with van der Waals surface area (Å²) >= 11 is 0. The number of rotatable bonds is 10. The summed E-state index contributed by atoms with van der Waals surface area (Å²) in [5.74, 6) is 1.35. The summed E-state index contributed by atoms with van der Waals surface area (Å²) < 4.78 is 33.3. The van der Waals surface area contributed by atoms with E-state index in [1.807, 2.05) is 18.2 Å². The third kappa shape index (κ3) is 6.42. The predicted octanol–water partition coefficient (Wildman–Crippen LogP) is 1.59. The fraction of sp³-hybridized carbons (Fsp3) is 0.714. The van der Waals surface area contributed by atoms with E-state index in [4.69, 9.17) is 23.6 Å². The van der Waals surface area contributed by atoms with Crippen LogP contribution in [0.5, 0.6) is 11.5 Å². The van der Waals surface area contributed by atoms with Gasteiger partial charge in [-0.3, -0.25) is 13.6 Å². The van der Waals surface area contributed by atoms with Gasteiger partial charge in [-0.1, -0.05) is 12.5 Å². The molecule has 0 amide bonds. The number of quaternary nitrogens is 1. The molecule has 176 valence electrons. The normalized spacial score (nSPS) is 30.7. The van der Waals surface area contributed by atoms with Crippen LogP contribution in [-0.4, -0.2) is 73.4 Å². The standard InChI is InChI=1S/C21H34NO8P/c1-27-20-8-7-16(13-21(20)28-2)10-12-29-19-6-4-3-5-18(19)22(11-9-17(23)14-22)15-30-31(24,25)26/h7-8,13,17-19,23H,3-6,9-12,14-15H2,1-2H3,(H-,24,25,26)/t17-,18+,19-,22+/m0/s1. The van der Waals surface area contributed by atoms with Crippen LogP contribution >= 0.6 is 7.82 Å². The Morgan fingerprint density at radius 3 is 2.55 bits per heavy atom. The zero-order valence-electron chi connectivity index (χ0n) is 18.3. The van der Waals surface area contributed by atoms with E-state index in [-0.39, 0.29) is 18.9 Å². The molecule has 1 unspecified atom stereocenters. The first-order valence-corrected chi connectivity index (χ1v) is 12.3. The molecule has 1 saturated carbocycles. The summed E-state index contributed by atoms with van der Waals surface area (Å²) in [5.41, 5.74) is 1.07. The lowest BCUT2D eigenvalue weighted by atomic mass is 9.89. The Labute approximate surface area is 183 Å². The molecule has 2 N–H and O–H groups in total. The van der Waals surface area contributed by atoms with E-state index in [1.54, 1.807) is 14.2 Å². The molecule has 1 aromatic carbocycles. The highest BCUT2D eigenvalue weighted by molar-refractivity contribution is 7.44. The SMILES string of the molecule is COc1ccc(CCO[C@H]2CCCC[C@H]2[N@+]2(COP(=O)([O-])O)CC[C@H](O)C2)cc1OC. The molecular formula is C21H34NO8P. The summed E-state index contributed by atoms with van der Waals surface area (Å²) in [4.78, 5) is 20.4. The van der Waals surface area contributed by atoms with E-state index in [9.17, 15) is 14.6 Å². The smallest absolute Gasteiger partial charge is 0.269 e. The fourth-order valence-electron chi connectivity index (χ4n) is 4.97. The van der Waals surface area contributed by atoms with E-state index >= 15 is 0 Å². The van der Waals surface area contributed by atoms with Crippen molar-refractivity contribution in [1.29, 1.82) is 0 Å². The van der Waals surface area contributed by atoms with Crippen LogP contribution in [0.3, 0.4) is 0 Å². The van der Waals surface area contributed by atoms with E-state index in [2.05, 4.69) is 0 Å². The number of phosphoric acid groups is 1. The molecule has 31 heavy (non-hydrogen) atoms. The Morgan fingerprint density at radius 2 is 1.90 bits per heavy atom. The zero-order valence-corrected chi connectivity index (χ0v) is 19.2. The monoisotopic (exact) mass is 459 g/mol. The van der Waals surface area contributed by atoms with Crippen molar-refractivity contribution in [2.24, 2.45) is 0 Å². The Morgan fingerprint density at radius 1 is 1.16 bits per heavy atom. The maximum atomic E-state index is 11.2. The van der Waals surface area contributed by atoms with Gasteiger partial charge in [0.05, 0.1) is 27.4 Å². The van der Waals surface area contributed by atoms with Gasteiger partial charge in [0.2, 0.25) is 0 Å². The number of aliphatic hydroxyl groups is 1. The third-order valence-corrected chi connectivity index (χ3v) is 6.94. The second kappa shape index (κ2) is 10.6. The Bertz CT molecular complexity index is 772. The minimum atomic E-state index is -4.84. The van der Waals surface area contributed by atoms with Gasteiger partial charge in [0.25, 0.3) is 7.82 Å². The maximum Gasteiger partial charge on any atom is 0.269 e. The summed E-state index contributed by atoms with van der Waals surface area (Å²) in [6.07, 6.45) is 4.51. The number of aliphatic hydroxyl groups excluding tert-OH is 1. The van der Waals surface area contributed by atoms with Crippen molar-refractivity contribution in [2.45, 2.75) is 56.8 Å². The van der Waals surface area contributed by atoms with Gasteiger partial charge in [-0.25, -0.2) is 0 Å². The third-order valence-electron chi connectivity index (χ3n) is 6.50. The molecule has 0 bridgehead atoms. The first-order chi connectivity index (χ1) is 14.8. The van der Waals surface area contributed by atoms with Gasteiger partial charge < -0.3 is 29.1 Å². The van der Waals surface area contributed by atoms with Crippen LogP contribution in [-0.2, 0) is 20.2 Å². The van der Waals surface area contributed by atoms with Crippen molar-refractivity contribution in [3.8, 4) is 11.5 Å². The van der Waals surface area contributed by atoms with E-state index in [0.29, 0.717) is 48.5 Å². The van der Waals surface area contributed by atoms with Crippen molar-refractivity contribution in [3.05, 3.63) is 23.8 Å². The fourth-order valence-corrected chi connectivity index (χ4v) is 5.35. The van der Waals surface area contributed by atoms with Gasteiger partial charge >= 0.3 is 0 Å². The molecule has 10 heteroatoms. The number of ether oxygens (including phenoxy) is 3. The molecule has 0 aromatic heterocycles. The lowest BCUT2D eigenvalue weighted by molar-refractivity contribution is -0.960. The van der Waals surface area contributed by atoms with Gasteiger partial charge in [-0.05, 0) is 37.0 Å². The van der Waals surface area contributed by atoms with Crippen LogP contribution in [0, 0.1) is 0 Å². The minimum Gasteiger partial charge on any atom is -0.756 e. The second-order valence-electron chi connectivity index (χ2n) is 8.49. The van der Waals surface area contributed by atoms with Crippen LogP contribution in [0.1, 0.15) is 37.7 Å². The molecule has 2 aliphatic rings. The highest BCUT2D eigenvalue weighted by Gasteiger charge is 2.48. The Kier molecular flexibility index (Phi) is 8.37. The van der Waals surface area contributed by atoms with Gasteiger partial charge in [0, 0.05) is 12.8 Å². The minimum absolute atomic E-state index is 0.0165. The van der Waals surface area contributed by atoms with E-state index < -0.39 is 13.9 Å². The molecule has 1 aromatic rings. The van der Waals surface area contributed by atoms with Crippen LogP contribution < -0.4 is 14.4 Å². The highest BCUT2D eigenvalue weighted by Crippen LogP contribution is 2.39. The average molecular weight is 459 g/mol. The molecule has 9 nitrogen and oxygen atoms in total. The molecule has 0 spiro atoms. The maximum absolute atomic E-state index is 11.2. The van der Waals surface area contributed by atoms with Crippen molar-refractivity contribution >= 4 is 7.82 Å². The lowest BCUT2D eigenvalue weighted by Gasteiger charge is -2.46. The van der Waals surface area contributed by atoms with E-state index in [1.165, 1.54) is 0 Å². The van der Waals surface area contributed by atoms with Crippen molar-refractivity contribution in [3.63, 3.8) is 0 Å². The van der Waals surface area contributed by atoms with Gasteiger partial charge in [0.1, 0.15) is 24.8 Å². The van der Waals surface area contributed by atoms with Gasteiger partial charge in [0.15, 0.2) is 18.2 Å². The number of benzene rings is 1. The molecule has 5 atom stereocenters. The first-order valence-electron chi connectivity index (χ1n) is 10.8. The summed E-state index contributed by atoms with van der Waals surface area (Å²) in [6.45, 7) is 1.34. The number of likely N-dealkylation sites (tertiary alicyclic amines) is 1. The predicted molar refractivity (Wildman–Crippen MR) is 112 cm³/mol. The first kappa shape index (κ1) is 24.5. The molecule has 1 saturated heterocycles. The lowest BCUT2D eigenvalue weighted by Crippen LogP contribution is -2.61. The summed E-state index contributed by atoms with van der Waals surface area (Å²) in [5, 5.41) is 10.2. The van der Waals surface area contributed by atoms with Crippen molar-refractivity contribution in [1.82, 2.24) is 0 Å². The highest BCUT2D eigenvalue weighted by atomic mass is 31.2. The summed E-state index contributed by atoms with van der Waals surface area (Å²) in [6, 6.07) is 5.81. The number of phosphoric ester groups is 1. The van der Waals surface area contributed by atoms with Crippen LogP contribution in [0.25, 0.3) is 0 Å². The van der Waals surface area contributed by atoms with E-state index in [0.717, 1.165) is 31.2 Å². The Hall–Kier alpha value is -1.19. The summed E-state index contributed by atoms with van der Waals surface area (Å²) in [7, 11) is -1.63. The van der Waals surface area contributed by atoms with Crippen LogP contribution in [0.15, 0.2) is 18.2 Å². The molecule has 1 aliphatic heterocycles. The number of methoxy groups -OCH3 is 2. The topological polar surface area (TPSA) is 118 Å². The average Bonchev–Trinajstić information content (AvgIpc) is 3.14. The van der Waals surface area contributed by atoms with Crippen LogP contribution in [0.2, 0.25) is 0 Å². The van der Waals surface area contributed by atoms with Crippen molar-refractivity contribution < 1.29 is 42.7 Å². The number of hydrogen-bond acceptors (Lipinski definition) is 7. The van der Waals surface area contributed by atoms with Gasteiger partial charge in [-0.2, -0.15) is 0 Å². The number of nitrogens with zero attached hydrogens (tertiary/aromatic N) is 1. The molecule has 0 radical (unpaired) electrons.